The van der Waals surface area contributed by atoms with E-state index in [9.17, 15) is 9.90 Å². The molecular formula is C16H25N3O3. The number of hydrogen-bond acceptors (Lipinski definition) is 5. The summed E-state index contributed by atoms with van der Waals surface area (Å²) < 4.78 is 5.34. The highest BCUT2D eigenvalue weighted by Crippen LogP contribution is 2.21. The van der Waals surface area contributed by atoms with E-state index in [4.69, 9.17) is 4.74 Å². The van der Waals surface area contributed by atoms with Crippen LogP contribution in [-0.4, -0.2) is 40.2 Å². The number of aliphatic hydroxyl groups is 1. The molecule has 1 aliphatic carbocycles. The van der Waals surface area contributed by atoms with Crippen molar-refractivity contribution in [3.8, 4) is 0 Å². The number of amides is 1. The lowest BCUT2D eigenvalue weighted by Gasteiger charge is -2.28. The molecule has 22 heavy (non-hydrogen) atoms. The van der Waals surface area contributed by atoms with E-state index in [1.165, 1.54) is 0 Å². The lowest BCUT2D eigenvalue weighted by atomic mass is 9.93. The summed E-state index contributed by atoms with van der Waals surface area (Å²) in [7, 11) is 1.73. The molecule has 0 spiro atoms. The van der Waals surface area contributed by atoms with Crippen molar-refractivity contribution in [2.75, 3.05) is 7.11 Å². The molecule has 1 aliphatic rings. The van der Waals surface area contributed by atoms with Crippen molar-refractivity contribution in [1.82, 2.24) is 15.3 Å². The topological polar surface area (TPSA) is 84.3 Å². The zero-order valence-electron chi connectivity index (χ0n) is 13.7. The third-order valence-electron chi connectivity index (χ3n) is 4.04. The predicted octanol–water partition coefficient (Wildman–Crippen LogP) is 1.70. The Morgan fingerprint density at radius 3 is 2.50 bits per heavy atom. The van der Waals surface area contributed by atoms with E-state index >= 15 is 0 Å². The van der Waals surface area contributed by atoms with Crippen LogP contribution in [-0.2, 0) is 10.3 Å². The Morgan fingerprint density at radius 2 is 1.95 bits per heavy atom. The Kier molecular flexibility index (Phi) is 5.13. The molecule has 0 radical (unpaired) electrons. The first-order valence-electron chi connectivity index (χ1n) is 7.72. The van der Waals surface area contributed by atoms with Crippen LogP contribution in [0.1, 0.15) is 61.5 Å². The normalized spacial score (nSPS) is 22.4. The van der Waals surface area contributed by atoms with Gasteiger partial charge in [0.2, 0.25) is 0 Å². The number of aryl methyl sites for hydroxylation is 1. The van der Waals surface area contributed by atoms with Crippen molar-refractivity contribution in [2.45, 2.75) is 64.2 Å². The van der Waals surface area contributed by atoms with Gasteiger partial charge >= 0.3 is 0 Å². The molecule has 1 heterocycles. The molecule has 0 bridgehead atoms. The van der Waals surface area contributed by atoms with E-state index in [1.54, 1.807) is 33.9 Å². The van der Waals surface area contributed by atoms with Crippen LogP contribution in [0.2, 0.25) is 0 Å². The Morgan fingerprint density at radius 1 is 1.32 bits per heavy atom. The standard InChI is InChI=1S/C16H25N3O3/c1-10-17-13(9-14(18-10)16(2,3)21)15(20)19-11-5-7-12(22-4)8-6-11/h9,11-12,21H,5-8H2,1-4H3,(H,19,20). The van der Waals surface area contributed by atoms with E-state index < -0.39 is 5.60 Å². The molecule has 6 heteroatoms. The lowest BCUT2D eigenvalue weighted by molar-refractivity contribution is 0.0597. The van der Waals surface area contributed by atoms with Gasteiger partial charge in [-0.25, -0.2) is 9.97 Å². The van der Waals surface area contributed by atoms with Crippen LogP contribution < -0.4 is 5.32 Å². The number of hydrogen-bond donors (Lipinski definition) is 2. The quantitative estimate of drug-likeness (QED) is 0.884. The van der Waals surface area contributed by atoms with E-state index in [0.29, 0.717) is 23.3 Å². The zero-order valence-corrected chi connectivity index (χ0v) is 13.7. The molecule has 1 aromatic rings. The van der Waals surface area contributed by atoms with Crippen LogP contribution in [0.5, 0.6) is 0 Å². The van der Waals surface area contributed by atoms with Gasteiger partial charge in [-0.05, 0) is 52.5 Å². The summed E-state index contributed by atoms with van der Waals surface area (Å²) in [5.41, 5.74) is -0.342. The van der Waals surface area contributed by atoms with Gasteiger partial charge in [0.25, 0.3) is 5.91 Å². The van der Waals surface area contributed by atoms with Gasteiger partial charge in [-0.3, -0.25) is 4.79 Å². The molecular weight excluding hydrogens is 282 g/mol. The van der Waals surface area contributed by atoms with Crippen molar-refractivity contribution in [2.24, 2.45) is 0 Å². The van der Waals surface area contributed by atoms with Crippen molar-refractivity contribution >= 4 is 5.91 Å². The minimum atomic E-state index is -1.10. The molecule has 1 aromatic heterocycles. The summed E-state index contributed by atoms with van der Waals surface area (Å²) in [6.07, 6.45) is 4.04. The fourth-order valence-electron chi connectivity index (χ4n) is 2.70. The average molecular weight is 307 g/mol. The maximum Gasteiger partial charge on any atom is 0.270 e. The third kappa shape index (κ3) is 4.24. The minimum absolute atomic E-state index is 0.153. The van der Waals surface area contributed by atoms with Gasteiger partial charge in [0.1, 0.15) is 17.1 Å². The van der Waals surface area contributed by atoms with Gasteiger partial charge in [0.15, 0.2) is 0 Å². The Bertz CT molecular complexity index is 532. The molecule has 0 aromatic carbocycles. The van der Waals surface area contributed by atoms with Gasteiger partial charge in [-0.15, -0.1) is 0 Å². The zero-order chi connectivity index (χ0) is 16.3. The maximum absolute atomic E-state index is 12.4. The van der Waals surface area contributed by atoms with Crippen molar-refractivity contribution in [3.63, 3.8) is 0 Å². The van der Waals surface area contributed by atoms with Crippen molar-refractivity contribution < 1.29 is 14.6 Å². The number of carbonyl (C=O) groups excluding carboxylic acids is 1. The van der Waals surface area contributed by atoms with Gasteiger partial charge in [0.05, 0.1) is 11.8 Å². The molecule has 1 amide bonds. The number of nitrogens with one attached hydrogen (secondary N) is 1. The molecule has 0 atom stereocenters. The molecule has 0 saturated heterocycles. The second kappa shape index (κ2) is 6.71. The van der Waals surface area contributed by atoms with Gasteiger partial charge in [0, 0.05) is 13.2 Å². The summed E-state index contributed by atoms with van der Waals surface area (Å²) in [4.78, 5) is 20.8. The lowest BCUT2D eigenvalue weighted by Crippen LogP contribution is -2.39. The first-order chi connectivity index (χ1) is 10.3. The summed E-state index contributed by atoms with van der Waals surface area (Å²) in [5.74, 6) is 0.268. The first-order valence-corrected chi connectivity index (χ1v) is 7.72. The summed E-state index contributed by atoms with van der Waals surface area (Å²) in [6.45, 7) is 5.00. The highest BCUT2D eigenvalue weighted by atomic mass is 16.5. The fraction of sp³-hybridized carbons (Fsp3) is 0.688. The second-order valence-electron chi connectivity index (χ2n) is 6.43. The summed E-state index contributed by atoms with van der Waals surface area (Å²) in [5, 5.41) is 13.1. The number of carbonyl (C=O) groups is 1. The van der Waals surface area contributed by atoms with Crippen LogP contribution in [0.4, 0.5) is 0 Å². The van der Waals surface area contributed by atoms with Crippen LogP contribution in [0.25, 0.3) is 0 Å². The van der Waals surface area contributed by atoms with Crippen molar-refractivity contribution in [3.05, 3.63) is 23.3 Å². The summed E-state index contributed by atoms with van der Waals surface area (Å²) in [6, 6.07) is 1.71. The van der Waals surface area contributed by atoms with Gasteiger partial charge < -0.3 is 15.2 Å². The smallest absolute Gasteiger partial charge is 0.270 e. The molecule has 122 valence electrons. The van der Waals surface area contributed by atoms with Crippen LogP contribution in [0.15, 0.2) is 6.07 Å². The number of nitrogens with zero attached hydrogens (tertiary/aromatic N) is 2. The molecule has 1 fully saturated rings. The number of ether oxygens (including phenoxy) is 1. The Labute approximate surface area is 131 Å². The monoisotopic (exact) mass is 307 g/mol. The molecule has 1 saturated carbocycles. The predicted molar refractivity (Wildman–Crippen MR) is 82.5 cm³/mol. The number of aromatic nitrogens is 2. The van der Waals surface area contributed by atoms with E-state index in [2.05, 4.69) is 15.3 Å². The molecule has 0 unspecified atom stereocenters. The molecule has 6 nitrogen and oxygen atoms in total. The highest BCUT2D eigenvalue weighted by molar-refractivity contribution is 5.92. The van der Waals surface area contributed by atoms with Crippen molar-refractivity contribution in [1.29, 1.82) is 0 Å². The highest BCUT2D eigenvalue weighted by Gasteiger charge is 2.25. The Balaban J connectivity index is 2.05. The summed E-state index contributed by atoms with van der Waals surface area (Å²) >= 11 is 0. The van der Waals surface area contributed by atoms with E-state index in [0.717, 1.165) is 25.7 Å². The van der Waals surface area contributed by atoms with Gasteiger partial charge in [-0.1, -0.05) is 0 Å². The maximum atomic E-state index is 12.4. The number of methoxy groups -OCH3 is 1. The van der Waals surface area contributed by atoms with E-state index in [1.807, 2.05) is 0 Å². The SMILES string of the molecule is COC1CCC(NC(=O)c2cc(C(C)(C)O)nc(C)n2)CC1. The average Bonchev–Trinajstić information content (AvgIpc) is 2.46. The molecule has 2 N–H and O–H groups in total. The second-order valence-corrected chi connectivity index (χ2v) is 6.43. The van der Waals surface area contributed by atoms with E-state index in [-0.39, 0.29) is 11.9 Å². The molecule has 0 aliphatic heterocycles. The largest absolute Gasteiger partial charge is 0.384 e. The van der Waals surface area contributed by atoms with Crippen LogP contribution in [0, 0.1) is 6.92 Å². The minimum Gasteiger partial charge on any atom is -0.384 e. The Hall–Kier alpha value is -1.53. The number of rotatable bonds is 4. The van der Waals surface area contributed by atoms with Crippen LogP contribution in [0.3, 0.4) is 0 Å². The molecule has 2 rings (SSSR count). The van der Waals surface area contributed by atoms with Gasteiger partial charge in [-0.2, -0.15) is 0 Å². The third-order valence-corrected chi connectivity index (χ3v) is 4.04. The first kappa shape index (κ1) is 16.8. The van der Waals surface area contributed by atoms with Crippen LogP contribution >= 0.6 is 0 Å². The fourth-order valence-corrected chi connectivity index (χ4v) is 2.70.